The van der Waals surface area contributed by atoms with Gasteiger partial charge in [-0.25, -0.2) is 0 Å². The Morgan fingerprint density at radius 2 is 1.78 bits per heavy atom. The molecule has 1 unspecified atom stereocenters. The molecule has 0 aromatic heterocycles. The normalized spacial score (nSPS) is 17.7. The van der Waals surface area contributed by atoms with Crippen molar-refractivity contribution in [1.29, 1.82) is 0 Å². The number of methoxy groups -OCH3 is 1. The molecule has 18 heavy (non-hydrogen) atoms. The fourth-order valence-corrected chi connectivity index (χ4v) is 2.56. The molecule has 0 bridgehead atoms. The zero-order valence-electron chi connectivity index (χ0n) is 11.0. The van der Waals surface area contributed by atoms with E-state index in [2.05, 4.69) is 0 Å². The molecule has 1 atom stereocenters. The van der Waals surface area contributed by atoms with Crippen molar-refractivity contribution in [3.05, 3.63) is 24.3 Å². The Hall–Kier alpha value is -1.22. The van der Waals surface area contributed by atoms with Gasteiger partial charge >= 0.3 is 0 Å². The third kappa shape index (κ3) is 3.91. The zero-order chi connectivity index (χ0) is 12.8. The molecule has 0 heterocycles. The molecule has 0 spiro atoms. The van der Waals surface area contributed by atoms with Gasteiger partial charge < -0.3 is 14.6 Å². The minimum absolute atomic E-state index is 0.352. The highest BCUT2D eigenvalue weighted by molar-refractivity contribution is 5.31. The average molecular weight is 250 g/mol. The summed E-state index contributed by atoms with van der Waals surface area (Å²) in [6.45, 7) is 0.378. The second-order valence-electron chi connectivity index (χ2n) is 5.03. The van der Waals surface area contributed by atoms with Gasteiger partial charge in [0.15, 0.2) is 0 Å². The van der Waals surface area contributed by atoms with Gasteiger partial charge in [0.25, 0.3) is 0 Å². The minimum Gasteiger partial charge on any atom is -0.497 e. The first-order chi connectivity index (χ1) is 8.78. The highest BCUT2D eigenvalue weighted by Gasteiger charge is 2.19. The van der Waals surface area contributed by atoms with Gasteiger partial charge in [-0.3, -0.25) is 0 Å². The van der Waals surface area contributed by atoms with Gasteiger partial charge in [-0.1, -0.05) is 25.7 Å². The van der Waals surface area contributed by atoms with Gasteiger partial charge in [0.2, 0.25) is 0 Å². The molecule has 0 saturated heterocycles. The van der Waals surface area contributed by atoms with E-state index in [0.29, 0.717) is 12.5 Å². The van der Waals surface area contributed by atoms with Gasteiger partial charge in [0.05, 0.1) is 13.2 Å². The van der Waals surface area contributed by atoms with Gasteiger partial charge in [-0.15, -0.1) is 0 Å². The van der Waals surface area contributed by atoms with Crippen LogP contribution in [0.5, 0.6) is 11.5 Å². The van der Waals surface area contributed by atoms with E-state index < -0.39 is 0 Å². The van der Waals surface area contributed by atoms with Crippen LogP contribution in [0.15, 0.2) is 24.3 Å². The molecule has 1 N–H and O–H groups in total. The van der Waals surface area contributed by atoms with E-state index in [-0.39, 0.29) is 6.10 Å². The summed E-state index contributed by atoms with van der Waals surface area (Å²) in [4.78, 5) is 0. The first-order valence-electron chi connectivity index (χ1n) is 6.73. The van der Waals surface area contributed by atoms with Gasteiger partial charge in [-0.2, -0.15) is 0 Å². The van der Waals surface area contributed by atoms with Crippen molar-refractivity contribution >= 4 is 0 Å². The lowest BCUT2D eigenvalue weighted by atomic mass is 10.0. The number of benzene rings is 1. The van der Waals surface area contributed by atoms with Crippen LogP contribution in [0.25, 0.3) is 0 Å². The van der Waals surface area contributed by atoms with E-state index in [1.54, 1.807) is 7.11 Å². The first-order valence-corrected chi connectivity index (χ1v) is 6.73. The van der Waals surface area contributed by atoms with Crippen LogP contribution in [-0.2, 0) is 0 Å². The Morgan fingerprint density at radius 3 is 2.39 bits per heavy atom. The van der Waals surface area contributed by atoms with E-state index in [1.807, 2.05) is 24.3 Å². The lowest BCUT2D eigenvalue weighted by Crippen LogP contribution is -2.20. The summed E-state index contributed by atoms with van der Waals surface area (Å²) in [5, 5.41) is 9.92. The molecule has 0 amide bonds. The summed E-state index contributed by atoms with van der Waals surface area (Å²) in [5.41, 5.74) is 0. The minimum atomic E-state index is -0.352. The SMILES string of the molecule is COc1ccc(OCC(O)CC2CCCC2)cc1. The molecule has 0 radical (unpaired) electrons. The number of ether oxygens (including phenoxy) is 2. The molecule has 100 valence electrons. The Morgan fingerprint density at radius 1 is 1.17 bits per heavy atom. The molecular formula is C15H22O3. The summed E-state index contributed by atoms with van der Waals surface area (Å²) < 4.78 is 10.7. The van der Waals surface area contributed by atoms with Crippen LogP contribution in [-0.4, -0.2) is 24.9 Å². The van der Waals surface area contributed by atoms with E-state index in [4.69, 9.17) is 9.47 Å². The van der Waals surface area contributed by atoms with Crippen molar-refractivity contribution in [3.8, 4) is 11.5 Å². The molecule has 3 heteroatoms. The number of aliphatic hydroxyl groups is 1. The maximum absolute atomic E-state index is 9.92. The highest BCUT2D eigenvalue weighted by Crippen LogP contribution is 2.28. The highest BCUT2D eigenvalue weighted by atomic mass is 16.5. The number of rotatable bonds is 6. The molecule has 1 aliphatic carbocycles. The monoisotopic (exact) mass is 250 g/mol. The Kier molecular flexibility index (Phi) is 4.88. The molecule has 2 rings (SSSR count). The Balaban J connectivity index is 1.72. The molecule has 1 aromatic rings. The van der Waals surface area contributed by atoms with E-state index in [0.717, 1.165) is 17.9 Å². The standard InChI is InChI=1S/C15H22O3/c1-17-14-6-8-15(9-7-14)18-11-13(16)10-12-4-2-3-5-12/h6-9,12-13,16H,2-5,10-11H2,1H3. The van der Waals surface area contributed by atoms with Crippen molar-refractivity contribution in [3.63, 3.8) is 0 Å². The van der Waals surface area contributed by atoms with Crippen LogP contribution < -0.4 is 9.47 Å². The van der Waals surface area contributed by atoms with E-state index in [9.17, 15) is 5.11 Å². The van der Waals surface area contributed by atoms with Crippen molar-refractivity contribution in [2.24, 2.45) is 5.92 Å². The fourth-order valence-electron chi connectivity index (χ4n) is 2.56. The molecule has 0 aliphatic heterocycles. The van der Waals surface area contributed by atoms with Gasteiger partial charge in [-0.05, 0) is 36.6 Å². The van der Waals surface area contributed by atoms with Crippen molar-refractivity contribution in [2.45, 2.75) is 38.2 Å². The summed E-state index contributed by atoms with van der Waals surface area (Å²) in [6, 6.07) is 7.44. The van der Waals surface area contributed by atoms with Crippen LogP contribution in [0.3, 0.4) is 0 Å². The summed E-state index contributed by atoms with van der Waals surface area (Å²) >= 11 is 0. The van der Waals surface area contributed by atoms with Crippen LogP contribution in [0.1, 0.15) is 32.1 Å². The first kappa shape index (κ1) is 13.2. The lowest BCUT2D eigenvalue weighted by Gasteiger charge is -2.16. The second-order valence-corrected chi connectivity index (χ2v) is 5.03. The Bertz CT molecular complexity index is 341. The van der Waals surface area contributed by atoms with Crippen LogP contribution in [0, 0.1) is 5.92 Å². The predicted molar refractivity (Wildman–Crippen MR) is 71.1 cm³/mol. The summed E-state index contributed by atoms with van der Waals surface area (Å²) in [6.07, 6.45) is 5.68. The van der Waals surface area contributed by atoms with E-state index >= 15 is 0 Å². The predicted octanol–water partition coefficient (Wildman–Crippen LogP) is 3.02. The lowest BCUT2D eigenvalue weighted by molar-refractivity contribution is 0.0855. The number of aliphatic hydroxyl groups excluding tert-OH is 1. The molecule has 3 nitrogen and oxygen atoms in total. The maximum atomic E-state index is 9.92. The quantitative estimate of drug-likeness (QED) is 0.843. The summed E-state index contributed by atoms with van der Waals surface area (Å²) in [7, 11) is 1.64. The zero-order valence-corrected chi connectivity index (χ0v) is 11.0. The third-order valence-corrected chi connectivity index (χ3v) is 3.58. The van der Waals surface area contributed by atoms with Gasteiger partial charge in [0.1, 0.15) is 18.1 Å². The molecule has 1 saturated carbocycles. The van der Waals surface area contributed by atoms with Gasteiger partial charge in [0, 0.05) is 0 Å². The van der Waals surface area contributed by atoms with Crippen LogP contribution >= 0.6 is 0 Å². The van der Waals surface area contributed by atoms with Crippen LogP contribution in [0.4, 0.5) is 0 Å². The smallest absolute Gasteiger partial charge is 0.119 e. The maximum Gasteiger partial charge on any atom is 0.119 e. The van der Waals surface area contributed by atoms with Crippen molar-refractivity contribution in [2.75, 3.05) is 13.7 Å². The molecule has 1 aromatic carbocycles. The Labute approximate surface area is 109 Å². The average Bonchev–Trinajstić information content (AvgIpc) is 2.90. The number of hydrogen-bond donors (Lipinski definition) is 1. The molecule has 1 fully saturated rings. The topological polar surface area (TPSA) is 38.7 Å². The van der Waals surface area contributed by atoms with Crippen molar-refractivity contribution < 1.29 is 14.6 Å². The summed E-state index contributed by atoms with van der Waals surface area (Å²) in [5.74, 6) is 2.29. The van der Waals surface area contributed by atoms with E-state index in [1.165, 1.54) is 25.7 Å². The van der Waals surface area contributed by atoms with Crippen LogP contribution in [0.2, 0.25) is 0 Å². The largest absolute Gasteiger partial charge is 0.497 e. The van der Waals surface area contributed by atoms with Crippen molar-refractivity contribution in [1.82, 2.24) is 0 Å². The fraction of sp³-hybridized carbons (Fsp3) is 0.600. The second kappa shape index (κ2) is 6.64. The number of hydrogen-bond acceptors (Lipinski definition) is 3. The third-order valence-electron chi connectivity index (χ3n) is 3.58. The molecular weight excluding hydrogens is 228 g/mol. The molecule has 1 aliphatic rings.